The highest BCUT2D eigenvalue weighted by molar-refractivity contribution is 7.83. The van der Waals surface area contributed by atoms with E-state index in [4.69, 9.17) is 5.73 Å². The van der Waals surface area contributed by atoms with Crippen molar-refractivity contribution >= 4 is 22.8 Å². The molecule has 2 amide bonds. The Bertz CT molecular complexity index is 1230. The second-order valence-electron chi connectivity index (χ2n) is 12.2. The molecule has 10 heteroatoms. The Kier molecular flexibility index (Phi) is 9.75. The van der Waals surface area contributed by atoms with Crippen LogP contribution in [-0.4, -0.2) is 32.7 Å². The van der Waals surface area contributed by atoms with Gasteiger partial charge in [0.15, 0.2) is 0 Å². The van der Waals surface area contributed by atoms with E-state index < -0.39 is 34.3 Å². The van der Waals surface area contributed by atoms with Crippen LogP contribution in [0, 0.1) is 18.3 Å². The number of hydrogen-bond donors (Lipinski definition) is 3. The standard InChI is InChI=1S/C29H42F2N4O3S/c1-18-21(26(36)33-17-29(5,6)27(32)37)15-23(35(18)16-19-10-8-7-9-11-19)20-12-13-24(22(14-20)25(30)31)39(38)34-28(2,3)4/h12-15,19,25,34H,7-11,16-17H2,1-6H3,(H2,32,37)(H,33,36). The summed E-state index contributed by atoms with van der Waals surface area (Å²) in [6, 6.07) is 6.27. The molecule has 1 aliphatic rings. The van der Waals surface area contributed by atoms with E-state index in [0.717, 1.165) is 31.4 Å². The Morgan fingerprint density at radius 1 is 1.10 bits per heavy atom. The summed E-state index contributed by atoms with van der Waals surface area (Å²) in [6.45, 7) is 11.4. The summed E-state index contributed by atoms with van der Waals surface area (Å²) in [4.78, 5) is 25.0. The normalized spacial score (nSPS) is 15.9. The fraction of sp³-hybridized carbons (Fsp3) is 0.586. The quantitative estimate of drug-likeness (QED) is 0.348. The first-order chi connectivity index (χ1) is 18.1. The van der Waals surface area contributed by atoms with Gasteiger partial charge in [0.05, 0.1) is 15.9 Å². The molecule has 4 N–H and O–H groups in total. The number of hydrogen-bond acceptors (Lipinski definition) is 3. The van der Waals surface area contributed by atoms with E-state index in [-0.39, 0.29) is 22.9 Å². The van der Waals surface area contributed by atoms with Crippen LogP contribution in [0.4, 0.5) is 8.78 Å². The molecule has 0 aliphatic heterocycles. The van der Waals surface area contributed by atoms with Gasteiger partial charge in [-0.3, -0.25) is 9.59 Å². The second kappa shape index (κ2) is 12.3. The van der Waals surface area contributed by atoms with Crippen LogP contribution in [0.1, 0.15) is 94.8 Å². The SMILES string of the molecule is Cc1c(C(=O)NCC(C)(C)C(N)=O)cc(-c2ccc(S(=O)NC(C)(C)C)c(C(F)F)c2)n1CC1CCCCC1. The van der Waals surface area contributed by atoms with Gasteiger partial charge in [-0.2, -0.15) is 0 Å². The number of alkyl halides is 2. The molecule has 1 aromatic heterocycles. The third-order valence-electron chi connectivity index (χ3n) is 7.27. The van der Waals surface area contributed by atoms with E-state index in [2.05, 4.69) is 10.0 Å². The van der Waals surface area contributed by atoms with Crippen LogP contribution in [0.15, 0.2) is 29.2 Å². The average molecular weight is 565 g/mol. The minimum absolute atomic E-state index is 0.0393. The van der Waals surface area contributed by atoms with Gasteiger partial charge in [-0.15, -0.1) is 0 Å². The molecule has 0 spiro atoms. The van der Waals surface area contributed by atoms with Crippen LogP contribution in [0.2, 0.25) is 0 Å². The van der Waals surface area contributed by atoms with Crippen molar-refractivity contribution in [3.8, 4) is 11.3 Å². The number of carbonyl (C=O) groups excluding carboxylic acids is 2. The molecule has 1 unspecified atom stereocenters. The largest absolute Gasteiger partial charge is 0.369 e. The number of benzene rings is 1. The average Bonchev–Trinajstić information content (AvgIpc) is 3.17. The molecule has 1 saturated carbocycles. The molecule has 3 rings (SSSR count). The Hall–Kier alpha value is -2.59. The second-order valence-corrected chi connectivity index (χ2v) is 13.4. The van der Waals surface area contributed by atoms with E-state index in [9.17, 15) is 22.6 Å². The minimum Gasteiger partial charge on any atom is -0.369 e. The van der Waals surface area contributed by atoms with Gasteiger partial charge in [-0.1, -0.05) is 25.3 Å². The highest BCUT2D eigenvalue weighted by atomic mass is 32.2. The Balaban J connectivity index is 2.05. The molecule has 216 valence electrons. The van der Waals surface area contributed by atoms with Gasteiger partial charge in [-0.25, -0.2) is 17.7 Å². The van der Waals surface area contributed by atoms with Gasteiger partial charge in [0.2, 0.25) is 5.91 Å². The number of nitrogens with one attached hydrogen (secondary N) is 2. The predicted molar refractivity (Wildman–Crippen MR) is 151 cm³/mol. The van der Waals surface area contributed by atoms with E-state index in [1.165, 1.54) is 18.6 Å². The van der Waals surface area contributed by atoms with Crippen molar-refractivity contribution in [2.75, 3.05) is 6.54 Å². The van der Waals surface area contributed by atoms with Gasteiger partial charge in [0.25, 0.3) is 12.3 Å². The van der Waals surface area contributed by atoms with Crippen LogP contribution >= 0.6 is 0 Å². The molecular weight excluding hydrogens is 522 g/mol. The molecule has 1 aliphatic carbocycles. The fourth-order valence-corrected chi connectivity index (χ4v) is 6.06. The molecule has 7 nitrogen and oxygen atoms in total. The molecule has 0 saturated heterocycles. The number of aromatic nitrogens is 1. The summed E-state index contributed by atoms with van der Waals surface area (Å²) in [5.74, 6) is -0.453. The lowest BCUT2D eigenvalue weighted by molar-refractivity contribution is -0.125. The van der Waals surface area contributed by atoms with Gasteiger partial charge in [0, 0.05) is 35.6 Å². The zero-order valence-electron chi connectivity index (χ0n) is 23.8. The number of halogens is 2. The summed E-state index contributed by atoms with van der Waals surface area (Å²) in [5, 5.41) is 2.81. The zero-order chi connectivity index (χ0) is 29.1. The third-order valence-corrected chi connectivity index (χ3v) is 8.84. The van der Waals surface area contributed by atoms with Crippen LogP contribution in [0.25, 0.3) is 11.3 Å². The first kappa shape index (κ1) is 30.9. The van der Waals surface area contributed by atoms with Crippen molar-refractivity contribution in [3.05, 3.63) is 41.1 Å². The number of nitrogens with zero attached hydrogens (tertiary/aromatic N) is 1. The maximum atomic E-state index is 14.2. The van der Waals surface area contributed by atoms with E-state index in [0.29, 0.717) is 29.3 Å². The van der Waals surface area contributed by atoms with Gasteiger partial charge in [-0.05, 0) is 84.1 Å². The zero-order valence-corrected chi connectivity index (χ0v) is 24.6. The van der Waals surface area contributed by atoms with Gasteiger partial charge < -0.3 is 15.6 Å². The molecular formula is C29H42F2N4O3S. The fourth-order valence-electron chi connectivity index (χ4n) is 4.84. The third kappa shape index (κ3) is 7.75. The van der Waals surface area contributed by atoms with Gasteiger partial charge in [0.1, 0.15) is 11.0 Å². The summed E-state index contributed by atoms with van der Waals surface area (Å²) >= 11 is 0. The molecule has 2 aromatic rings. The maximum Gasteiger partial charge on any atom is 0.265 e. The lowest BCUT2D eigenvalue weighted by atomic mass is 9.89. The highest BCUT2D eigenvalue weighted by Gasteiger charge is 2.28. The lowest BCUT2D eigenvalue weighted by Crippen LogP contribution is -2.42. The minimum atomic E-state index is -2.83. The maximum absolute atomic E-state index is 14.2. The van der Waals surface area contributed by atoms with Crippen molar-refractivity contribution < 1.29 is 22.6 Å². The van der Waals surface area contributed by atoms with Crippen LogP contribution in [0.3, 0.4) is 0 Å². The molecule has 1 aromatic carbocycles. The van der Waals surface area contributed by atoms with E-state index in [1.807, 2.05) is 32.3 Å². The monoisotopic (exact) mass is 564 g/mol. The van der Waals surface area contributed by atoms with Crippen molar-refractivity contribution in [2.24, 2.45) is 17.1 Å². The molecule has 0 radical (unpaired) electrons. The summed E-state index contributed by atoms with van der Waals surface area (Å²) in [5.41, 5.74) is 6.03. The first-order valence-electron chi connectivity index (χ1n) is 13.5. The van der Waals surface area contributed by atoms with Crippen molar-refractivity contribution in [2.45, 2.75) is 97.1 Å². The molecule has 39 heavy (non-hydrogen) atoms. The topological polar surface area (TPSA) is 106 Å². The molecule has 1 fully saturated rings. The summed E-state index contributed by atoms with van der Waals surface area (Å²) < 4.78 is 46.2. The van der Waals surface area contributed by atoms with Crippen LogP contribution in [-0.2, 0) is 22.3 Å². The number of amides is 2. The molecule has 1 atom stereocenters. The first-order valence-corrected chi connectivity index (χ1v) is 14.7. The Morgan fingerprint density at radius 3 is 2.31 bits per heavy atom. The smallest absolute Gasteiger partial charge is 0.265 e. The number of primary amides is 1. The summed E-state index contributed by atoms with van der Waals surface area (Å²) in [6.07, 6.45) is 2.82. The Morgan fingerprint density at radius 2 is 1.74 bits per heavy atom. The van der Waals surface area contributed by atoms with Crippen molar-refractivity contribution in [3.63, 3.8) is 0 Å². The number of nitrogens with two attached hydrogens (primary N) is 1. The predicted octanol–water partition coefficient (Wildman–Crippen LogP) is 5.63. The number of carbonyl (C=O) groups is 2. The van der Waals surface area contributed by atoms with Crippen molar-refractivity contribution in [1.29, 1.82) is 0 Å². The van der Waals surface area contributed by atoms with Crippen molar-refractivity contribution in [1.82, 2.24) is 14.6 Å². The Labute approximate surface area is 232 Å². The molecule has 1 heterocycles. The van der Waals surface area contributed by atoms with E-state index >= 15 is 0 Å². The summed E-state index contributed by atoms with van der Waals surface area (Å²) in [7, 11) is -1.82. The van der Waals surface area contributed by atoms with E-state index in [1.54, 1.807) is 26.0 Å². The highest BCUT2D eigenvalue weighted by Crippen LogP contribution is 2.35. The molecule has 0 bridgehead atoms. The van der Waals surface area contributed by atoms with Gasteiger partial charge >= 0.3 is 0 Å². The lowest BCUT2D eigenvalue weighted by Gasteiger charge is -2.25. The number of rotatable bonds is 10. The van der Waals surface area contributed by atoms with Crippen LogP contribution < -0.4 is 15.8 Å². The van der Waals surface area contributed by atoms with Crippen LogP contribution in [0.5, 0.6) is 0 Å².